The van der Waals surface area contributed by atoms with Crippen molar-refractivity contribution in [2.75, 3.05) is 0 Å². The zero-order chi connectivity index (χ0) is 13.8. The molecule has 5 atom stereocenters. The number of benzene rings is 1. The van der Waals surface area contributed by atoms with Crippen LogP contribution in [0.1, 0.15) is 25.3 Å². The number of hydrogen-bond acceptors (Lipinski definition) is 4. The Morgan fingerprint density at radius 2 is 1.68 bits per heavy atom. The van der Waals surface area contributed by atoms with Gasteiger partial charge in [0.2, 0.25) is 0 Å². The van der Waals surface area contributed by atoms with Crippen LogP contribution in [0, 0.1) is 0 Å². The summed E-state index contributed by atoms with van der Waals surface area (Å²) in [5.41, 5.74) is 1.25. The van der Waals surface area contributed by atoms with E-state index in [2.05, 4.69) is 12.1 Å². The van der Waals surface area contributed by atoms with Crippen LogP contribution < -0.4 is 0 Å². The Labute approximate surface area is 113 Å². The zero-order valence-corrected chi connectivity index (χ0v) is 11.1. The summed E-state index contributed by atoms with van der Waals surface area (Å²) < 4.78 is 5.56. The number of rotatable bonds is 4. The molecule has 1 aromatic carbocycles. The lowest BCUT2D eigenvalue weighted by Gasteiger charge is -2.39. The van der Waals surface area contributed by atoms with Gasteiger partial charge >= 0.3 is 0 Å². The molecule has 0 bridgehead atoms. The van der Waals surface area contributed by atoms with Gasteiger partial charge in [-0.15, -0.1) is 0 Å². The van der Waals surface area contributed by atoms with Crippen LogP contribution in [0.4, 0.5) is 0 Å². The number of aliphatic hydroxyl groups is 3. The number of hydrogen-bond donors (Lipinski definition) is 3. The Balaban J connectivity index is 1.82. The Morgan fingerprint density at radius 3 is 2.37 bits per heavy atom. The van der Waals surface area contributed by atoms with Crippen molar-refractivity contribution in [1.82, 2.24) is 0 Å². The summed E-state index contributed by atoms with van der Waals surface area (Å²) in [4.78, 5) is 0. The van der Waals surface area contributed by atoms with Crippen molar-refractivity contribution in [3.63, 3.8) is 0 Å². The molecule has 0 spiro atoms. The Morgan fingerprint density at radius 1 is 1.00 bits per heavy atom. The minimum absolute atomic E-state index is 0.405. The first-order chi connectivity index (χ1) is 9.09. The largest absolute Gasteiger partial charge is 0.388 e. The molecule has 2 rings (SSSR count). The highest BCUT2D eigenvalue weighted by Crippen LogP contribution is 2.24. The molecule has 106 valence electrons. The van der Waals surface area contributed by atoms with Gasteiger partial charge in [-0.2, -0.15) is 0 Å². The lowest BCUT2D eigenvalue weighted by Crippen LogP contribution is -2.56. The normalized spacial score (nSPS) is 35.3. The molecule has 0 radical (unpaired) electrons. The van der Waals surface area contributed by atoms with Crippen molar-refractivity contribution in [1.29, 1.82) is 0 Å². The van der Waals surface area contributed by atoms with Crippen molar-refractivity contribution in [2.24, 2.45) is 0 Å². The van der Waals surface area contributed by atoms with Crippen LogP contribution in [-0.4, -0.2) is 45.8 Å². The first kappa shape index (κ1) is 14.5. The molecular formula is C15H22O4. The highest BCUT2D eigenvalue weighted by Gasteiger charge is 2.41. The molecule has 0 aromatic heterocycles. The van der Waals surface area contributed by atoms with Crippen molar-refractivity contribution in [3.8, 4) is 0 Å². The van der Waals surface area contributed by atoms with E-state index in [9.17, 15) is 15.3 Å². The Hall–Kier alpha value is -0.940. The van der Waals surface area contributed by atoms with Gasteiger partial charge in [0.15, 0.2) is 0 Å². The van der Waals surface area contributed by atoms with E-state index in [0.717, 1.165) is 12.8 Å². The predicted molar refractivity (Wildman–Crippen MR) is 71.7 cm³/mol. The third-order valence-corrected chi connectivity index (χ3v) is 3.75. The zero-order valence-electron chi connectivity index (χ0n) is 11.1. The van der Waals surface area contributed by atoms with Gasteiger partial charge in [0.1, 0.15) is 18.3 Å². The molecule has 1 saturated heterocycles. The molecule has 1 fully saturated rings. The van der Waals surface area contributed by atoms with E-state index < -0.39 is 30.5 Å². The van der Waals surface area contributed by atoms with Crippen LogP contribution in [0.25, 0.3) is 0 Å². The first-order valence-corrected chi connectivity index (χ1v) is 6.83. The van der Waals surface area contributed by atoms with Crippen LogP contribution in [0.5, 0.6) is 0 Å². The van der Waals surface area contributed by atoms with Gasteiger partial charge < -0.3 is 20.1 Å². The molecule has 1 aliphatic heterocycles. The van der Waals surface area contributed by atoms with E-state index in [4.69, 9.17) is 4.74 Å². The lowest BCUT2D eigenvalue weighted by atomic mass is 9.92. The second-order valence-electron chi connectivity index (χ2n) is 5.23. The van der Waals surface area contributed by atoms with Gasteiger partial charge in [0.05, 0.1) is 12.2 Å². The molecule has 0 amide bonds. The highest BCUT2D eigenvalue weighted by atomic mass is 16.5. The summed E-state index contributed by atoms with van der Waals surface area (Å²) in [6.45, 7) is 1.71. The van der Waals surface area contributed by atoms with Crippen LogP contribution in [0.2, 0.25) is 0 Å². The van der Waals surface area contributed by atoms with Crippen molar-refractivity contribution in [3.05, 3.63) is 35.9 Å². The molecule has 1 aliphatic rings. The molecule has 3 N–H and O–H groups in total. The molecule has 4 heteroatoms. The van der Waals surface area contributed by atoms with E-state index in [-0.39, 0.29) is 0 Å². The van der Waals surface area contributed by atoms with Crippen LogP contribution in [-0.2, 0) is 11.2 Å². The van der Waals surface area contributed by atoms with Gasteiger partial charge in [0.25, 0.3) is 0 Å². The quantitative estimate of drug-likeness (QED) is 0.756. The summed E-state index contributed by atoms with van der Waals surface area (Å²) in [6.07, 6.45) is -1.53. The van der Waals surface area contributed by atoms with E-state index in [1.165, 1.54) is 5.56 Å². The maximum Gasteiger partial charge on any atom is 0.111 e. The van der Waals surface area contributed by atoms with Gasteiger partial charge in [-0.25, -0.2) is 0 Å². The predicted octanol–water partition coefficient (Wildman–Crippen LogP) is 0.879. The molecule has 0 saturated carbocycles. The van der Waals surface area contributed by atoms with Crippen LogP contribution >= 0.6 is 0 Å². The SMILES string of the molecule is CC1O[C@@H](CCCc2ccccc2)C(O)[C@H](O)[C@H]1O. The topological polar surface area (TPSA) is 69.9 Å². The smallest absolute Gasteiger partial charge is 0.111 e. The van der Waals surface area contributed by atoms with Crippen LogP contribution in [0.3, 0.4) is 0 Å². The molecule has 0 aliphatic carbocycles. The van der Waals surface area contributed by atoms with Crippen molar-refractivity contribution in [2.45, 2.75) is 56.7 Å². The summed E-state index contributed by atoms with van der Waals surface area (Å²) in [6, 6.07) is 10.1. The summed E-state index contributed by atoms with van der Waals surface area (Å²) in [5.74, 6) is 0. The summed E-state index contributed by atoms with van der Waals surface area (Å²) in [5, 5.41) is 29.2. The van der Waals surface area contributed by atoms with E-state index in [0.29, 0.717) is 6.42 Å². The lowest BCUT2D eigenvalue weighted by molar-refractivity contribution is -0.218. The molecule has 19 heavy (non-hydrogen) atoms. The molecule has 1 heterocycles. The Bertz CT molecular complexity index is 381. The van der Waals surface area contributed by atoms with E-state index >= 15 is 0 Å². The highest BCUT2D eigenvalue weighted by molar-refractivity contribution is 5.14. The fourth-order valence-electron chi connectivity index (χ4n) is 2.53. The number of aryl methyl sites for hydroxylation is 1. The second-order valence-corrected chi connectivity index (χ2v) is 5.23. The van der Waals surface area contributed by atoms with Gasteiger partial charge in [0, 0.05) is 0 Å². The van der Waals surface area contributed by atoms with E-state index in [1.54, 1.807) is 6.92 Å². The van der Waals surface area contributed by atoms with Crippen molar-refractivity contribution >= 4 is 0 Å². The molecular weight excluding hydrogens is 244 g/mol. The summed E-state index contributed by atoms with van der Waals surface area (Å²) in [7, 11) is 0. The fourth-order valence-corrected chi connectivity index (χ4v) is 2.53. The maximum atomic E-state index is 9.89. The number of aliphatic hydroxyl groups excluding tert-OH is 3. The molecule has 1 aromatic rings. The average Bonchev–Trinajstić information content (AvgIpc) is 2.43. The monoisotopic (exact) mass is 266 g/mol. The van der Waals surface area contributed by atoms with Crippen molar-refractivity contribution < 1.29 is 20.1 Å². The molecule has 2 unspecified atom stereocenters. The van der Waals surface area contributed by atoms with Gasteiger partial charge in [-0.05, 0) is 31.7 Å². The minimum Gasteiger partial charge on any atom is -0.388 e. The van der Waals surface area contributed by atoms with Gasteiger partial charge in [-0.3, -0.25) is 0 Å². The standard InChI is InChI=1S/C15H22O4/c1-10-13(16)15(18)14(17)12(19-10)9-5-8-11-6-3-2-4-7-11/h2-4,6-7,10,12-18H,5,8-9H2,1H3/t10?,12-,13-,14?,15+/m0/s1. The second kappa shape index (κ2) is 6.48. The summed E-state index contributed by atoms with van der Waals surface area (Å²) >= 11 is 0. The fraction of sp³-hybridized carbons (Fsp3) is 0.600. The van der Waals surface area contributed by atoms with Gasteiger partial charge in [-0.1, -0.05) is 30.3 Å². The Kier molecular flexibility index (Phi) is 4.93. The maximum absolute atomic E-state index is 9.89. The van der Waals surface area contributed by atoms with E-state index in [1.807, 2.05) is 18.2 Å². The average molecular weight is 266 g/mol. The first-order valence-electron chi connectivity index (χ1n) is 6.83. The number of ether oxygens (including phenoxy) is 1. The minimum atomic E-state index is -1.12. The third kappa shape index (κ3) is 3.54. The third-order valence-electron chi connectivity index (χ3n) is 3.75. The van der Waals surface area contributed by atoms with Crippen LogP contribution in [0.15, 0.2) is 30.3 Å². The molecule has 4 nitrogen and oxygen atoms in total.